The molecule has 3 aromatic heterocycles. The van der Waals surface area contributed by atoms with Crippen LogP contribution >= 0.6 is 11.6 Å². The number of halogens is 1. The summed E-state index contributed by atoms with van der Waals surface area (Å²) in [5, 5.41) is 1.76. The smallest absolute Gasteiger partial charge is 0.180 e. The van der Waals surface area contributed by atoms with Crippen molar-refractivity contribution in [3.05, 3.63) is 77.2 Å². The van der Waals surface area contributed by atoms with E-state index in [1.807, 2.05) is 60.1 Å². The minimum Gasteiger partial charge on any atom is -0.492 e. The summed E-state index contributed by atoms with van der Waals surface area (Å²) >= 11 is 6.13. The second-order valence-corrected chi connectivity index (χ2v) is 7.62. The Morgan fingerprint density at radius 1 is 1.03 bits per heavy atom. The van der Waals surface area contributed by atoms with Crippen LogP contribution in [0.15, 0.2) is 65.3 Å². The first kappa shape index (κ1) is 17.8. The van der Waals surface area contributed by atoms with Crippen LogP contribution in [0.4, 0.5) is 0 Å². The molecule has 0 aliphatic carbocycles. The van der Waals surface area contributed by atoms with Gasteiger partial charge in [0.15, 0.2) is 11.4 Å². The predicted octanol–water partition coefficient (Wildman–Crippen LogP) is 6.69. The molecule has 0 saturated carbocycles. The Morgan fingerprint density at radius 3 is 2.59 bits per heavy atom. The van der Waals surface area contributed by atoms with Gasteiger partial charge in [-0.3, -0.25) is 0 Å². The molecule has 5 aromatic rings. The van der Waals surface area contributed by atoms with Crippen LogP contribution in [-0.4, -0.2) is 16.5 Å². The van der Waals surface area contributed by atoms with E-state index in [4.69, 9.17) is 20.8 Å². The summed E-state index contributed by atoms with van der Waals surface area (Å²) in [7, 11) is 1.66. The number of nitrogens with zero attached hydrogens (tertiary/aromatic N) is 2. The molecule has 0 saturated heterocycles. The highest BCUT2D eigenvalue weighted by atomic mass is 35.5. The van der Waals surface area contributed by atoms with Gasteiger partial charge in [-0.2, -0.15) is 0 Å². The third-order valence-corrected chi connectivity index (χ3v) is 5.38. The minimum atomic E-state index is 0.687. The fraction of sp³-hybridized carbons (Fsp3) is 0.125. The first-order valence-corrected chi connectivity index (χ1v) is 9.74. The van der Waals surface area contributed by atoms with Crippen LogP contribution < -0.4 is 4.74 Å². The Hall–Kier alpha value is -3.24. The van der Waals surface area contributed by atoms with Gasteiger partial charge in [-0.05, 0) is 49.7 Å². The van der Waals surface area contributed by atoms with Gasteiger partial charge < -0.3 is 13.6 Å². The molecule has 0 atom stereocenters. The number of aromatic nitrogens is 2. The number of imidazole rings is 1. The average Bonchev–Trinajstić information content (AvgIpc) is 3.27. The summed E-state index contributed by atoms with van der Waals surface area (Å²) in [4.78, 5) is 4.63. The summed E-state index contributed by atoms with van der Waals surface area (Å²) in [5.41, 5.74) is 6.62. The molecule has 144 valence electrons. The Kier molecular flexibility index (Phi) is 4.10. The Morgan fingerprint density at radius 2 is 1.83 bits per heavy atom. The zero-order chi connectivity index (χ0) is 20.1. The second kappa shape index (κ2) is 6.68. The van der Waals surface area contributed by atoms with Crippen molar-refractivity contribution in [1.29, 1.82) is 0 Å². The Balaban J connectivity index is 1.87. The number of aryl methyl sites for hydroxylation is 2. The largest absolute Gasteiger partial charge is 0.492 e. The van der Waals surface area contributed by atoms with Crippen LogP contribution in [-0.2, 0) is 0 Å². The van der Waals surface area contributed by atoms with E-state index in [-0.39, 0.29) is 0 Å². The SMILES string of the molecule is COc1c(-c2oc3ccc(C)cc3c2-c2ccc(Cl)cc2)ccn2cc(C)nc12. The number of hydrogen-bond donors (Lipinski definition) is 0. The third-order valence-electron chi connectivity index (χ3n) is 5.13. The van der Waals surface area contributed by atoms with Gasteiger partial charge in [-0.25, -0.2) is 4.98 Å². The topological polar surface area (TPSA) is 39.7 Å². The van der Waals surface area contributed by atoms with Gasteiger partial charge in [0.1, 0.15) is 11.3 Å². The van der Waals surface area contributed by atoms with Gasteiger partial charge in [0, 0.05) is 28.4 Å². The van der Waals surface area contributed by atoms with E-state index < -0.39 is 0 Å². The van der Waals surface area contributed by atoms with E-state index in [0.717, 1.165) is 44.8 Å². The molecule has 29 heavy (non-hydrogen) atoms. The van der Waals surface area contributed by atoms with Crippen molar-refractivity contribution in [2.24, 2.45) is 0 Å². The van der Waals surface area contributed by atoms with Gasteiger partial charge in [0.05, 0.1) is 18.4 Å². The normalized spacial score (nSPS) is 11.4. The molecule has 4 nitrogen and oxygen atoms in total. The van der Waals surface area contributed by atoms with E-state index in [1.165, 1.54) is 5.56 Å². The maximum atomic E-state index is 6.37. The quantitative estimate of drug-likeness (QED) is 0.337. The molecule has 0 fully saturated rings. The van der Waals surface area contributed by atoms with Crippen molar-refractivity contribution in [2.45, 2.75) is 13.8 Å². The number of methoxy groups -OCH3 is 1. The molecular weight excluding hydrogens is 384 g/mol. The fourth-order valence-corrected chi connectivity index (χ4v) is 3.96. The summed E-state index contributed by atoms with van der Waals surface area (Å²) in [6.45, 7) is 4.05. The first-order valence-electron chi connectivity index (χ1n) is 9.37. The molecule has 3 heterocycles. The molecule has 2 aromatic carbocycles. The monoisotopic (exact) mass is 402 g/mol. The molecule has 0 N–H and O–H groups in total. The third kappa shape index (κ3) is 2.88. The molecule has 5 heteroatoms. The number of rotatable bonds is 3. The van der Waals surface area contributed by atoms with Crippen molar-refractivity contribution in [2.75, 3.05) is 7.11 Å². The molecule has 0 unspecified atom stereocenters. The lowest BCUT2D eigenvalue weighted by atomic mass is 9.98. The van der Waals surface area contributed by atoms with Crippen LogP contribution in [0.3, 0.4) is 0 Å². The molecular formula is C24H19ClN2O2. The number of furan rings is 1. The minimum absolute atomic E-state index is 0.687. The summed E-state index contributed by atoms with van der Waals surface area (Å²) in [6.07, 6.45) is 3.96. The number of fused-ring (bicyclic) bond motifs is 2. The van der Waals surface area contributed by atoms with Crippen molar-refractivity contribution >= 4 is 28.2 Å². The van der Waals surface area contributed by atoms with E-state index in [1.54, 1.807) is 7.11 Å². The first-order chi connectivity index (χ1) is 14.0. The second-order valence-electron chi connectivity index (χ2n) is 7.19. The van der Waals surface area contributed by atoms with Gasteiger partial charge in [-0.15, -0.1) is 0 Å². The molecule has 0 aliphatic rings. The fourth-order valence-electron chi connectivity index (χ4n) is 3.83. The van der Waals surface area contributed by atoms with Gasteiger partial charge >= 0.3 is 0 Å². The van der Waals surface area contributed by atoms with Gasteiger partial charge in [0.25, 0.3) is 0 Å². The molecule has 0 spiro atoms. The van der Waals surface area contributed by atoms with Crippen molar-refractivity contribution in [3.8, 4) is 28.2 Å². The number of ether oxygens (including phenoxy) is 1. The predicted molar refractivity (Wildman–Crippen MR) is 117 cm³/mol. The van der Waals surface area contributed by atoms with Crippen LogP contribution in [0, 0.1) is 13.8 Å². The molecule has 5 rings (SSSR count). The lowest BCUT2D eigenvalue weighted by molar-refractivity contribution is 0.417. The molecule has 0 aliphatic heterocycles. The summed E-state index contributed by atoms with van der Waals surface area (Å²) in [5.74, 6) is 1.44. The highest BCUT2D eigenvalue weighted by molar-refractivity contribution is 6.30. The maximum absolute atomic E-state index is 6.37. The zero-order valence-electron chi connectivity index (χ0n) is 16.4. The van der Waals surface area contributed by atoms with Crippen molar-refractivity contribution in [1.82, 2.24) is 9.38 Å². The van der Waals surface area contributed by atoms with E-state index >= 15 is 0 Å². The van der Waals surface area contributed by atoms with Crippen LogP contribution in [0.25, 0.3) is 39.1 Å². The van der Waals surface area contributed by atoms with E-state index in [0.29, 0.717) is 10.8 Å². The maximum Gasteiger partial charge on any atom is 0.180 e. The van der Waals surface area contributed by atoms with Crippen molar-refractivity contribution < 1.29 is 9.15 Å². The lowest BCUT2D eigenvalue weighted by Gasteiger charge is -2.10. The summed E-state index contributed by atoms with van der Waals surface area (Å²) < 4.78 is 14.1. The number of benzene rings is 2. The number of hydrogen-bond acceptors (Lipinski definition) is 3. The average molecular weight is 403 g/mol. The van der Waals surface area contributed by atoms with E-state index in [9.17, 15) is 0 Å². The molecule has 0 radical (unpaired) electrons. The number of pyridine rings is 1. The molecule has 0 amide bonds. The van der Waals surface area contributed by atoms with Gasteiger partial charge in [0.2, 0.25) is 0 Å². The van der Waals surface area contributed by atoms with E-state index in [2.05, 4.69) is 24.0 Å². The van der Waals surface area contributed by atoms with Crippen LogP contribution in [0.1, 0.15) is 11.3 Å². The lowest BCUT2D eigenvalue weighted by Crippen LogP contribution is -1.94. The molecule has 0 bridgehead atoms. The van der Waals surface area contributed by atoms with Crippen molar-refractivity contribution in [3.63, 3.8) is 0 Å². The Labute approximate surface area is 173 Å². The summed E-state index contributed by atoms with van der Waals surface area (Å²) in [6, 6.07) is 16.1. The van der Waals surface area contributed by atoms with Gasteiger partial charge in [-0.1, -0.05) is 35.4 Å². The van der Waals surface area contributed by atoms with Crippen LogP contribution in [0.2, 0.25) is 5.02 Å². The highest BCUT2D eigenvalue weighted by Crippen LogP contribution is 2.45. The highest BCUT2D eigenvalue weighted by Gasteiger charge is 2.22. The Bertz CT molecular complexity index is 1360. The zero-order valence-corrected chi connectivity index (χ0v) is 17.1. The standard InChI is InChI=1S/C24H19ClN2O2/c1-14-4-9-20-19(12-14)21(16-5-7-17(25)8-6-16)22(29-20)18-10-11-27-13-15(2)26-24(27)23(18)28-3/h4-13H,1-3H3. The van der Waals surface area contributed by atoms with Crippen LogP contribution in [0.5, 0.6) is 5.75 Å².